The molecule has 2 N–H and O–H groups in total. The zero-order chi connectivity index (χ0) is 13.2. The quantitative estimate of drug-likeness (QED) is 0.846. The third kappa shape index (κ3) is 3.18. The number of amides is 1. The van der Waals surface area contributed by atoms with Crippen LogP contribution in [-0.4, -0.2) is 29.0 Å². The fourth-order valence-electron chi connectivity index (χ4n) is 1.85. The van der Waals surface area contributed by atoms with Crippen molar-refractivity contribution in [1.82, 2.24) is 15.3 Å². The summed E-state index contributed by atoms with van der Waals surface area (Å²) in [5.41, 5.74) is 1.19. The lowest BCUT2D eigenvalue weighted by Gasteiger charge is -2.18. The zero-order valence-electron chi connectivity index (χ0n) is 11.2. The number of aromatic nitrogens is 2. The minimum Gasteiger partial charge on any atom is -0.356 e. The molecule has 0 radical (unpaired) electrons. The molecule has 1 fully saturated rings. The molecule has 1 aromatic heterocycles. The highest BCUT2D eigenvalue weighted by atomic mass is 16.1. The van der Waals surface area contributed by atoms with Gasteiger partial charge in [0.05, 0.1) is 0 Å². The van der Waals surface area contributed by atoms with Gasteiger partial charge in [0.25, 0.3) is 0 Å². The molecule has 1 amide bonds. The van der Waals surface area contributed by atoms with Crippen molar-refractivity contribution in [2.45, 2.75) is 32.6 Å². The van der Waals surface area contributed by atoms with Crippen LogP contribution in [0.2, 0.25) is 0 Å². The van der Waals surface area contributed by atoms with Gasteiger partial charge in [-0.15, -0.1) is 0 Å². The first kappa shape index (κ1) is 12.8. The first-order valence-electron chi connectivity index (χ1n) is 6.28. The van der Waals surface area contributed by atoms with E-state index in [2.05, 4.69) is 41.4 Å². The molecule has 5 nitrogen and oxygen atoms in total. The summed E-state index contributed by atoms with van der Waals surface area (Å²) in [5.74, 6) is 1.09. The lowest BCUT2D eigenvalue weighted by Crippen LogP contribution is -2.19. The molecule has 0 aromatic carbocycles. The van der Waals surface area contributed by atoms with Gasteiger partial charge in [0.15, 0.2) is 0 Å². The smallest absolute Gasteiger partial charge is 0.222 e. The Balaban J connectivity index is 1.89. The first-order chi connectivity index (χ1) is 8.45. The fourth-order valence-corrected chi connectivity index (χ4v) is 1.85. The molecule has 1 unspecified atom stereocenters. The van der Waals surface area contributed by atoms with Crippen molar-refractivity contribution in [2.24, 2.45) is 5.92 Å². The van der Waals surface area contributed by atoms with E-state index in [1.165, 1.54) is 0 Å². The summed E-state index contributed by atoms with van der Waals surface area (Å²) < 4.78 is 0. The molecule has 2 rings (SSSR count). The molecule has 98 valence electrons. The van der Waals surface area contributed by atoms with Crippen molar-refractivity contribution >= 4 is 11.9 Å². The molecule has 5 heteroatoms. The van der Waals surface area contributed by atoms with Crippen LogP contribution in [-0.2, 0) is 10.2 Å². The number of nitrogens with zero attached hydrogens (tertiary/aromatic N) is 2. The minimum atomic E-state index is 0.0698. The van der Waals surface area contributed by atoms with Crippen LogP contribution in [0.1, 0.15) is 32.8 Å². The van der Waals surface area contributed by atoms with E-state index in [9.17, 15) is 4.79 Å². The second-order valence-electron chi connectivity index (χ2n) is 5.80. The number of anilines is 1. The molecule has 1 saturated heterocycles. The summed E-state index contributed by atoms with van der Waals surface area (Å²) in [4.78, 5) is 19.6. The van der Waals surface area contributed by atoms with Gasteiger partial charge in [-0.3, -0.25) is 4.79 Å². The van der Waals surface area contributed by atoms with Crippen LogP contribution < -0.4 is 10.6 Å². The third-order valence-corrected chi connectivity index (χ3v) is 3.13. The molecule has 0 saturated carbocycles. The second kappa shape index (κ2) is 4.92. The Labute approximate surface area is 107 Å². The summed E-state index contributed by atoms with van der Waals surface area (Å²) in [6, 6.07) is 0. The monoisotopic (exact) mass is 248 g/mol. The zero-order valence-corrected chi connectivity index (χ0v) is 11.2. The summed E-state index contributed by atoms with van der Waals surface area (Å²) in [5, 5.41) is 5.99. The highest BCUT2D eigenvalue weighted by molar-refractivity contribution is 5.78. The summed E-state index contributed by atoms with van der Waals surface area (Å²) in [6.45, 7) is 7.87. The molecule has 0 bridgehead atoms. The van der Waals surface area contributed by atoms with E-state index in [-0.39, 0.29) is 11.3 Å². The maximum Gasteiger partial charge on any atom is 0.222 e. The number of rotatable bonds is 3. The molecule has 1 aliphatic rings. The third-order valence-electron chi connectivity index (χ3n) is 3.13. The van der Waals surface area contributed by atoms with Crippen LogP contribution in [0.4, 0.5) is 5.95 Å². The van der Waals surface area contributed by atoms with E-state index in [1.54, 1.807) is 0 Å². The van der Waals surface area contributed by atoms with Gasteiger partial charge in [0.1, 0.15) is 0 Å². The van der Waals surface area contributed by atoms with Crippen molar-refractivity contribution in [1.29, 1.82) is 0 Å². The van der Waals surface area contributed by atoms with Crippen LogP contribution >= 0.6 is 0 Å². The van der Waals surface area contributed by atoms with Crippen LogP contribution in [0, 0.1) is 5.92 Å². The van der Waals surface area contributed by atoms with Gasteiger partial charge in [0.2, 0.25) is 11.9 Å². The highest BCUT2D eigenvalue weighted by Gasteiger charge is 2.21. The average molecular weight is 248 g/mol. The Morgan fingerprint density at radius 1 is 1.39 bits per heavy atom. The topological polar surface area (TPSA) is 66.9 Å². The number of hydrogen-bond acceptors (Lipinski definition) is 4. The van der Waals surface area contributed by atoms with Crippen LogP contribution in [0.5, 0.6) is 0 Å². The standard InChI is InChI=1S/C13H20N4O/c1-13(2,3)10-7-16-12(17-8-10)15-6-9-4-11(18)14-5-9/h7-9H,4-6H2,1-3H3,(H,14,18)(H,15,16,17). The predicted molar refractivity (Wildman–Crippen MR) is 70.3 cm³/mol. The van der Waals surface area contributed by atoms with Crippen molar-refractivity contribution in [3.05, 3.63) is 18.0 Å². The largest absolute Gasteiger partial charge is 0.356 e. The van der Waals surface area contributed by atoms with Crippen LogP contribution in [0.15, 0.2) is 12.4 Å². The summed E-state index contributed by atoms with van der Waals surface area (Å²) >= 11 is 0. The van der Waals surface area contributed by atoms with E-state index < -0.39 is 0 Å². The maximum absolute atomic E-state index is 11.0. The lowest BCUT2D eigenvalue weighted by molar-refractivity contribution is -0.119. The summed E-state index contributed by atoms with van der Waals surface area (Å²) in [6.07, 6.45) is 4.30. The Morgan fingerprint density at radius 3 is 2.56 bits per heavy atom. The predicted octanol–water partition coefficient (Wildman–Crippen LogP) is 1.32. The van der Waals surface area contributed by atoms with E-state index in [0.717, 1.165) is 18.7 Å². The molecular weight excluding hydrogens is 228 g/mol. The first-order valence-corrected chi connectivity index (χ1v) is 6.28. The van der Waals surface area contributed by atoms with Crippen molar-refractivity contribution in [3.63, 3.8) is 0 Å². The fraction of sp³-hybridized carbons (Fsp3) is 0.615. The number of carbonyl (C=O) groups excluding carboxylic acids is 1. The van der Waals surface area contributed by atoms with Gasteiger partial charge >= 0.3 is 0 Å². The maximum atomic E-state index is 11.0. The highest BCUT2D eigenvalue weighted by Crippen LogP contribution is 2.20. The van der Waals surface area contributed by atoms with Gasteiger partial charge in [0, 0.05) is 37.8 Å². The van der Waals surface area contributed by atoms with Crippen LogP contribution in [0.3, 0.4) is 0 Å². The SMILES string of the molecule is CC(C)(C)c1cnc(NCC2CNC(=O)C2)nc1. The number of carbonyl (C=O) groups is 1. The number of hydrogen-bond donors (Lipinski definition) is 2. The Morgan fingerprint density at radius 2 is 2.06 bits per heavy atom. The molecule has 18 heavy (non-hydrogen) atoms. The van der Waals surface area contributed by atoms with Crippen molar-refractivity contribution in [3.8, 4) is 0 Å². The summed E-state index contributed by atoms with van der Waals surface area (Å²) in [7, 11) is 0. The average Bonchev–Trinajstić information content (AvgIpc) is 2.72. The molecule has 1 aromatic rings. The Hall–Kier alpha value is -1.65. The van der Waals surface area contributed by atoms with Gasteiger partial charge in [-0.25, -0.2) is 9.97 Å². The van der Waals surface area contributed by atoms with Crippen molar-refractivity contribution < 1.29 is 4.79 Å². The lowest BCUT2D eigenvalue weighted by atomic mass is 9.89. The molecule has 0 spiro atoms. The van der Waals surface area contributed by atoms with E-state index >= 15 is 0 Å². The number of nitrogens with one attached hydrogen (secondary N) is 2. The molecule has 0 aliphatic carbocycles. The van der Waals surface area contributed by atoms with E-state index in [0.29, 0.717) is 18.3 Å². The van der Waals surface area contributed by atoms with Gasteiger partial charge in [-0.05, 0) is 11.0 Å². The Bertz CT molecular complexity index is 422. The van der Waals surface area contributed by atoms with Gasteiger partial charge < -0.3 is 10.6 Å². The molecule has 1 aliphatic heterocycles. The van der Waals surface area contributed by atoms with Gasteiger partial charge in [-0.1, -0.05) is 20.8 Å². The Kier molecular flexibility index (Phi) is 3.50. The molecule has 2 heterocycles. The molecular formula is C13H20N4O. The second-order valence-corrected chi connectivity index (χ2v) is 5.80. The van der Waals surface area contributed by atoms with Gasteiger partial charge in [-0.2, -0.15) is 0 Å². The van der Waals surface area contributed by atoms with E-state index in [1.807, 2.05) is 12.4 Å². The van der Waals surface area contributed by atoms with Crippen LogP contribution in [0.25, 0.3) is 0 Å². The molecule has 1 atom stereocenters. The minimum absolute atomic E-state index is 0.0698. The van der Waals surface area contributed by atoms with Crippen molar-refractivity contribution in [2.75, 3.05) is 18.4 Å². The van der Waals surface area contributed by atoms with E-state index in [4.69, 9.17) is 0 Å². The normalized spacial score (nSPS) is 19.7.